The van der Waals surface area contributed by atoms with E-state index in [0.717, 1.165) is 28.4 Å². The first-order valence-electron chi connectivity index (χ1n) is 10.7. The van der Waals surface area contributed by atoms with Crippen molar-refractivity contribution < 1.29 is 4.79 Å². The van der Waals surface area contributed by atoms with Crippen molar-refractivity contribution in [2.45, 2.75) is 40.2 Å². The van der Waals surface area contributed by atoms with Gasteiger partial charge >= 0.3 is 0 Å². The molecule has 4 rings (SSSR count). The maximum absolute atomic E-state index is 12.9. The van der Waals surface area contributed by atoms with E-state index in [4.69, 9.17) is 4.98 Å². The summed E-state index contributed by atoms with van der Waals surface area (Å²) >= 11 is 0. The van der Waals surface area contributed by atoms with Gasteiger partial charge in [0.15, 0.2) is 0 Å². The lowest BCUT2D eigenvalue weighted by molar-refractivity contribution is -0.132. The number of aromatic nitrogens is 4. The number of carbonyl (C=O) groups excluding carboxylic acids is 1. The Bertz CT molecular complexity index is 1180. The predicted octanol–water partition coefficient (Wildman–Crippen LogP) is 2.28. The number of benzene rings is 1. The highest BCUT2D eigenvalue weighted by Crippen LogP contribution is 2.19. The molecule has 0 saturated carbocycles. The van der Waals surface area contributed by atoms with Crippen molar-refractivity contribution in [1.82, 2.24) is 24.6 Å². The molecule has 1 fully saturated rings. The fourth-order valence-electron chi connectivity index (χ4n) is 3.92. The highest BCUT2D eigenvalue weighted by Gasteiger charge is 2.23. The van der Waals surface area contributed by atoms with Crippen molar-refractivity contribution in [2.75, 3.05) is 31.1 Å². The molecule has 8 nitrogen and oxygen atoms in total. The average molecular weight is 421 g/mol. The number of nitrogens with zero attached hydrogens (tertiary/aromatic N) is 6. The minimum Gasteiger partial charge on any atom is -0.353 e. The quantitative estimate of drug-likeness (QED) is 0.644. The maximum atomic E-state index is 12.9. The fraction of sp³-hybridized carbons (Fsp3) is 0.435. The van der Waals surface area contributed by atoms with Gasteiger partial charge in [-0.3, -0.25) is 9.59 Å². The second kappa shape index (κ2) is 8.45. The van der Waals surface area contributed by atoms with Crippen molar-refractivity contribution in [3.63, 3.8) is 0 Å². The third-order valence-electron chi connectivity index (χ3n) is 5.67. The first-order valence-corrected chi connectivity index (χ1v) is 10.7. The van der Waals surface area contributed by atoms with Crippen LogP contribution >= 0.6 is 0 Å². The number of carbonyl (C=O) groups is 1. The second-order valence-electron chi connectivity index (χ2n) is 8.34. The topological polar surface area (TPSA) is 84.2 Å². The SMILES string of the molecule is Cc1cc(N2CCN(C(=O)Cn3nc(C)c4ccccc4c3=O)CC2)nc(C(C)C)n1. The molecule has 1 saturated heterocycles. The second-order valence-corrected chi connectivity index (χ2v) is 8.34. The molecule has 0 spiro atoms. The maximum Gasteiger partial charge on any atom is 0.275 e. The Morgan fingerprint density at radius 2 is 1.71 bits per heavy atom. The van der Waals surface area contributed by atoms with Crippen LogP contribution in [0.4, 0.5) is 5.82 Å². The Morgan fingerprint density at radius 1 is 1.03 bits per heavy atom. The zero-order chi connectivity index (χ0) is 22.1. The first kappa shape index (κ1) is 21.0. The molecule has 1 aliphatic rings. The van der Waals surface area contributed by atoms with Crippen LogP contribution in [-0.2, 0) is 11.3 Å². The van der Waals surface area contributed by atoms with E-state index in [1.165, 1.54) is 4.68 Å². The van der Waals surface area contributed by atoms with Gasteiger partial charge in [0.1, 0.15) is 18.2 Å². The Morgan fingerprint density at radius 3 is 2.39 bits per heavy atom. The fourth-order valence-corrected chi connectivity index (χ4v) is 3.92. The zero-order valence-corrected chi connectivity index (χ0v) is 18.5. The number of hydrogen-bond donors (Lipinski definition) is 0. The molecule has 0 bridgehead atoms. The van der Waals surface area contributed by atoms with Crippen LogP contribution in [0.1, 0.15) is 37.0 Å². The summed E-state index contributed by atoms with van der Waals surface area (Å²) in [5.74, 6) is 1.92. The van der Waals surface area contributed by atoms with Crippen LogP contribution in [0.3, 0.4) is 0 Å². The summed E-state index contributed by atoms with van der Waals surface area (Å²) < 4.78 is 1.29. The number of anilines is 1. The van der Waals surface area contributed by atoms with Crippen LogP contribution < -0.4 is 10.5 Å². The van der Waals surface area contributed by atoms with Crippen LogP contribution in [0.25, 0.3) is 10.8 Å². The van der Waals surface area contributed by atoms with E-state index in [1.54, 1.807) is 11.0 Å². The van der Waals surface area contributed by atoms with Gasteiger partial charge < -0.3 is 9.80 Å². The molecule has 1 amide bonds. The van der Waals surface area contributed by atoms with Gasteiger partial charge in [0, 0.05) is 49.2 Å². The van der Waals surface area contributed by atoms with Crippen LogP contribution in [0.5, 0.6) is 0 Å². The standard InChI is InChI=1S/C23H28N6O2/c1-15(2)22-24-16(3)13-20(25-22)27-9-11-28(12-10-27)21(30)14-29-23(31)19-8-6-5-7-18(19)17(4)26-29/h5-8,13,15H,9-12,14H2,1-4H3. The molecule has 0 unspecified atom stereocenters. The van der Waals surface area contributed by atoms with E-state index in [0.29, 0.717) is 31.6 Å². The smallest absolute Gasteiger partial charge is 0.275 e. The number of piperazine rings is 1. The number of aryl methyl sites for hydroxylation is 2. The minimum atomic E-state index is -0.231. The van der Waals surface area contributed by atoms with Crippen molar-refractivity contribution in [3.05, 3.63) is 57.9 Å². The molecule has 0 aliphatic carbocycles. The molecule has 1 aromatic carbocycles. The Kier molecular flexibility index (Phi) is 5.71. The minimum absolute atomic E-state index is 0.0470. The van der Waals surface area contributed by atoms with Crippen molar-refractivity contribution in [1.29, 1.82) is 0 Å². The lowest BCUT2D eigenvalue weighted by atomic mass is 10.1. The highest BCUT2D eigenvalue weighted by molar-refractivity contribution is 5.83. The Hall–Kier alpha value is -3.29. The first-order chi connectivity index (χ1) is 14.8. The molecule has 1 aliphatic heterocycles. The van der Waals surface area contributed by atoms with Gasteiger partial charge in [0.2, 0.25) is 5.91 Å². The van der Waals surface area contributed by atoms with Gasteiger partial charge in [-0.2, -0.15) is 5.10 Å². The molecule has 2 aromatic heterocycles. The van der Waals surface area contributed by atoms with Gasteiger partial charge in [0.05, 0.1) is 11.1 Å². The molecule has 8 heteroatoms. The molecule has 3 heterocycles. The monoisotopic (exact) mass is 420 g/mol. The normalized spacial score (nSPS) is 14.5. The molecule has 3 aromatic rings. The third kappa shape index (κ3) is 4.28. The lowest BCUT2D eigenvalue weighted by Gasteiger charge is -2.35. The summed E-state index contributed by atoms with van der Waals surface area (Å²) in [6.07, 6.45) is 0. The molecule has 0 N–H and O–H groups in total. The summed E-state index contributed by atoms with van der Waals surface area (Å²) in [7, 11) is 0. The molecule has 162 valence electrons. The van der Waals surface area contributed by atoms with Crippen molar-refractivity contribution in [3.8, 4) is 0 Å². The van der Waals surface area contributed by atoms with Gasteiger partial charge in [-0.15, -0.1) is 0 Å². The van der Waals surface area contributed by atoms with E-state index < -0.39 is 0 Å². The molecular weight excluding hydrogens is 392 g/mol. The zero-order valence-electron chi connectivity index (χ0n) is 18.5. The van der Waals surface area contributed by atoms with Crippen LogP contribution in [0, 0.1) is 13.8 Å². The summed E-state index contributed by atoms with van der Waals surface area (Å²) in [5, 5.41) is 5.78. The predicted molar refractivity (Wildman–Crippen MR) is 120 cm³/mol. The summed E-state index contributed by atoms with van der Waals surface area (Å²) in [5.41, 5.74) is 1.46. The van der Waals surface area contributed by atoms with E-state index in [9.17, 15) is 9.59 Å². The van der Waals surface area contributed by atoms with Crippen molar-refractivity contribution >= 4 is 22.5 Å². The Labute approximate surface area is 181 Å². The van der Waals surface area contributed by atoms with E-state index in [2.05, 4.69) is 28.8 Å². The van der Waals surface area contributed by atoms with Crippen LogP contribution in [0.15, 0.2) is 35.1 Å². The summed E-state index contributed by atoms with van der Waals surface area (Å²) in [4.78, 5) is 38.9. The van der Waals surface area contributed by atoms with E-state index in [1.807, 2.05) is 38.1 Å². The average Bonchev–Trinajstić information content (AvgIpc) is 2.77. The Balaban J connectivity index is 1.45. The van der Waals surface area contributed by atoms with Crippen LogP contribution in [-0.4, -0.2) is 56.7 Å². The number of amides is 1. The summed E-state index contributed by atoms with van der Waals surface area (Å²) in [6, 6.07) is 9.36. The number of rotatable bonds is 4. The molecule has 0 atom stereocenters. The van der Waals surface area contributed by atoms with E-state index >= 15 is 0 Å². The number of hydrogen-bond acceptors (Lipinski definition) is 6. The summed E-state index contributed by atoms with van der Waals surface area (Å²) in [6.45, 7) is 10.5. The van der Waals surface area contributed by atoms with Gasteiger partial charge in [-0.05, 0) is 19.9 Å². The molecular formula is C23H28N6O2. The third-order valence-corrected chi connectivity index (χ3v) is 5.67. The van der Waals surface area contributed by atoms with Crippen LogP contribution in [0.2, 0.25) is 0 Å². The highest BCUT2D eigenvalue weighted by atomic mass is 16.2. The molecule has 31 heavy (non-hydrogen) atoms. The van der Waals surface area contributed by atoms with Gasteiger partial charge in [-0.1, -0.05) is 32.0 Å². The van der Waals surface area contributed by atoms with E-state index in [-0.39, 0.29) is 23.9 Å². The van der Waals surface area contributed by atoms with Gasteiger partial charge in [0.25, 0.3) is 5.56 Å². The van der Waals surface area contributed by atoms with Gasteiger partial charge in [-0.25, -0.2) is 14.6 Å². The largest absolute Gasteiger partial charge is 0.353 e. The lowest BCUT2D eigenvalue weighted by Crippen LogP contribution is -2.50. The molecule has 0 radical (unpaired) electrons. The van der Waals surface area contributed by atoms with Crippen molar-refractivity contribution in [2.24, 2.45) is 0 Å². The number of fused-ring (bicyclic) bond motifs is 1.